The molecule has 0 saturated heterocycles. The standard InChI is InChI=1S/C16H16BrNO/c1-12(13-7-4-3-5-8-13)18(2)16(19)14-9-6-10-15(17)11-14/h3-12H,1-2H3. The summed E-state index contributed by atoms with van der Waals surface area (Å²) in [5, 5.41) is 0. The van der Waals surface area contributed by atoms with Crippen molar-refractivity contribution < 1.29 is 4.79 Å². The zero-order valence-corrected chi connectivity index (χ0v) is 12.6. The summed E-state index contributed by atoms with van der Waals surface area (Å²) >= 11 is 3.39. The minimum absolute atomic E-state index is 0.0256. The van der Waals surface area contributed by atoms with Crippen LogP contribution in [0.3, 0.4) is 0 Å². The Balaban J connectivity index is 2.20. The van der Waals surface area contributed by atoms with Gasteiger partial charge in [-0.3, -0.25) is 4.79 Å². The molecule has 0 aliphatic rings. The van der Waals surface area contributed by atoms with E-state index in [2.05, 4.69) is 15.9 Å². The Labute approximate surface area is 122 Å². The van der Waals surface area contributed by atoms with E-state index in [4.69, 9.17) is 0 Å². The number of hydrogen-bond donors (Lipinski definition) is 0. The molecule has 1 atom stereocenters. The predicted molar refractivity (Wildman–Crippen MR) is 81.1 cm³/mol. The topological polar surface area (TPSA) is 20.3 Å². The monoisotopic (exact) mass is 317 g/mol. The van der Waals surface area contributed by atoms with Gasteiger partial charge in [0.2, 0.25) is 0 Å². The Morgan fingerprint density at radius 3 is 2.42 bits per heavy atom. The first-order chi connectivity index (χ1) is 9.09. The number of benzene rings is 2. The summed E-state index contributed by atoms with van der Waals surface area (Å²) in [4.78, 5) is 14.2. The van der Waals surface area contributed by atoms with Gasteiger partial charge in [0.05, 0.1) is 6.04 Å². The summed E-state index contributed by atoms with van der Waals surface area (Å²) in [5.41, 5.74) is 1.83. The van der Waals surface area contributed by atoms with Crippen LogP contribution in [0.15, 0.2) is 59.1 Å². The van der Waals surface area contributed by atoms with Gasteiger partial charge in [-0.2, -0.15) is 0 Å². The SMILES string of the molecule is CC(c1ccccc1)N(C)C(=O)c1cccc(Br)c1. The fourth-order valence-corrected chi connectivity index (χ4v) is 2.36. The van der Waals surface area contributed by atoms with Gasteiger partial charge >= 0.3 is 0 Å². The van der Waals surface area contributed by atoms with Crippen molar-refractivity contribution in [3.05, 3.63) is 70.2 Å². The molecule has 2 nitrogen and oxygen atoms in total. The van der Waals surface area contributed by atoms with Crippen molar-refractivity contribution in [2.24, 2.45) is 0 Å². The Bertz CT molecular complexity index is 568. The Hall–Kier alpha value is -1.61. The van der Waals surface area contributed by atoms with Crippen LogP contribution in [0.2, 0.25) is 0 Å². The summed E-state index contributed by atoms with van der Waals surface area (Å²) in [6, 6.07) is 17.5. The smallest absolute Gasteiger partial charge is 0.254 e. The largest absolute Gasteiger partial charge is 0.335 e. The summed E-state index contributed by atoms with van der Waals surface area (Å²) < 4.78 is 0.916. The molecule has 1 amide bonds. The first kappa shape index (κ1) is 13.8. The van der Waals surface area contributed by atoms with E-state index in [9.17, 15) is 4.79 Å². The fraction of sp³-hybridized carbons (Fsp3) is 0.188. The van der Waals surface area contributed by atoms with Crippen molar-refractivity contribution in [3.8, 4) is 0 Å². The average Bonchev–Trinajstić information content (AvgIpc) is 2.46. The average molecular weight is 318 g/mol. The Kier molecular flexibility index (Phi) is 4.38. The number of hydrogen-bond acceptors (Lipinski definition) is 1. The third-order valence-electron chi connectivity index (χ3n) is 3.25. The molecule has 2 aromatic rings. The van der Waals surface area contributed by atoms with E-state index < -0.39 is 0 Å². The van der Waals surface area contributed by atoms with Crippen molar-refractivity contribution in [1.29, 1.82) is 0 Å². The first-order valence-electron chi connectivity index (χ1n) is 6.17. The van der Waals surface area contributed by atoms with Gasteiger partial charge in [-0.25, -0.2) is 0 Å². The van der Waals surface area contributed by atoms with Crippen LogP contribution in [0.25, 0.3) is 0 Å². The van der Waals surface area contributed by atoms with Gasteiger partial charge in [0.1, 0.15) is 0 Å². The molecular formula is C16H16BrNO. The molecular weight excluding hydrogens is 302 g/mol. The molecule has 0 aliphatic heterocycles. The maximum atomic E-state index is 12.4. The van der Waals surface area contributed by atoms with Gasteiger partial charge in [0, 0.05) is 17.1 Å². The van der Waals surface area contributed by atoms with Crippen LogP contribution >= 0.6 is 15.9 Å². The van der Waals surface area contributed by atoms with Crippen LogP contribution in [0.4, 0.5) is 0 Å². The minimum atomic E-state index is 0.0256. The molecule has 0 bridgehead atoms. The van der Waals surface area contributed by atoms with Crippen LogP contribution in [0.5, 0.6) is 0 Å². The third-order valence-corrected chi connectivity index (χ3v) is 3.75. The summed E-state index contributed by atoms with van der Waals surface area (Å²) in [6.07, 6.45) is 0. The van der Waals surface area contributed by atoms with Gasteiger partial charge in [0.15, 0.2) is 0 Å². The highest BCUT2D eigenvalue weighted by Gasteiger charge is 2.18. The van der Waals surface area contributed by atoms with Gasteiger partial charge in [-0.15, -0.1) is 0 Å². The number of rotatable bonds is 3. The molecule has 0 aromatic heterocycles. The maximum Gasteiger partial charge on any atom is 0.254 e. The molecule has 98 valence electrons. The van der Waals surface area contributed by atoms with E-state index in [1.54, 1.807) is 4.90 Å². The van der Waals surface area contributed by atoms with Gasteiger partial charge in [0.25, 0.3) is 5.91 Å². The highest BCUT2D eigenvalue weighted by Crippen LogP contribution is 2.21. The summed E-state index contributed by atoms with van der Waals surface area (Å²) in [7, 11) is 1.83. The van der Waals surface area contributed by atoms with Crippen molar-refractivity contribution in [2.75, 3.05) is 7.05 Å². The number of amides is 1. The number of carbonyl (C=O) groups is 1. The first-order valence-corrected chi connectivity index (χ1v) is 6.96. The van der Waals surface area contributed by atoms with Crippen molar-refractivity contribution in [1.82, 2.24) is 4.90 Å². The number of nitrogens with zero attached hydrogens (tertiary/aromatic N) is 1. The minimum Gasteiger partial charge on any atom is -0.335 e. The van der Waals surface area contributed by atoms with E-state index in [0.717, 1.165) is 10.0 Å². The predicted octanol–water partition coefficient (Wildman–Crippen LogP) is 4.28. The van der Waals surface area contributed by atoms with E-state index in [1.807, 2.05) is 68.6 Å². The number of halogens is 1. The van der Waals surface area contributed by atoms with Crippen LogP contribution in [-0.4, -0.2) is 17.9 Å². The molecule has 0 fully saturated rings. The van der Waals surface area contributed by atoms with E-state index in [-0.39, 0.29) is 11.9 Å². The molecule has 0 heterocycles. The second-order valence-corrected chi connectivity index (χ2v) is 5.43. The van der Waals surface area contributed by atoms with Crippen LogP contribution in [0, 0.1) is 0 Å². The fourth-order valence-electron chi connectivity index (χ4n) is 1.96. The third kappa shape index (κ3) is 3.24. The molecule has 0 aliphatic carbocycles. The van der Waals surface area contributed by atoms with Crippen molar-refractivity contribution >= 4 is 21.8 Å². The normalized spacial score (nSPS) is 11.9. The quantitative estimate of drug-likeness (QED) is 0.827. The van der Waals surface area contributed by atoms with Gasteiger partial charge in [-0.1, -0.05) is 52.3 Å². The molecule has 0 N–H and O–H groups in total. The molecule has 0 saturated carbocycles. The molecule has 2 aromatic carbocycles. The molecule has 2 rings (SSSR count). The molecule has 0 radical (unpaired) electrons. The lowest BCUT2D eigenvalue weighted by Gasteiger charge is -2.25. The second kappa shape index (κ2) is 6.02. The molecule has 3 heteroatoms. The van der Waals surface area contributed by atoms with Gasteiger partial charge < -0.3 is 4.90 Å². The maximum absolute atomic E-state index is 12.4. The van der Waals surface area contributed by atoms with Gasteiger partial charge in [-0.05, 0) is 30.7 Å². The zero-order valence-electron chi connectivity index (χ0n) is 11.0. The van der Waals surface area contributed by atoms with E-state index >= 15 is 0 Å². The van der Waals surface area contributed by atoms with Crippen molar-refractivity contribution in [2.45, 2.75) is 13.0 Å². The Morgan fingerprint density at radius 1 is 1.11 bits per heavy atom. The van der Waals surface area contributed by atoms with Crippen LogP contribution in [-0.2, 0) is 0 Å². The van der Waals surface area contributed by atoms with E-state index in [1.165, 1.54) is 0 Å². The second-order valence-electron chi connectivity index (χ2n) is 4.51. The van der Waals surface area contributed by atoms with Crippen molar-refractivity contribution in [3.63, 3.8) is 0 Å². The number of carbonyl (C=O) groups excluding carboxylic acids is 1. The highest BCUT2D eigenvalue weighted by molar-refractivity contribution is 9.10. The lowest BCUT2D eigenvalue weighted by atomic mass is 10.1. The van der Waals surface area contributed by atoms with Crippen LogP contribution in [0.1, 0.15) is 28.9 Å². The highest BCUT2D eigenvalue weighted by atomic mass is 79.9. The lowest BCUT2D eigenvalue weighted by Crippen LogP contribution is -2.29. The molecule has 1 unspecified atom stereocenters. The lowest BCUT2D eigenvalue weighted by molar-refractivity contribution is 0.0742. The summed E-state index contributed by atoms with van der Waals surface area (Å²) in [5.74, 6) is 0.0256. The molecule has 0 spiro atoms. The zero-order chi connectivity index (χ0) is 13.8. The summed E-state index contributed by atoms with van der Waals surface area (Å²) in [6.45, 7) is 2.03. The Morgan fingerprint density at radius 2 is 1.79 bits per heavy atom. The van der Waals surface area contributed by atoms with E-state index in [0.29, 0.717) is 5.56 Å². The molecule has 19 heavy (non-hydrogen) atoms. The van der Waals surface area contributed by atoms with Crippen LogP contribution < -0.4 is 0 Å².